The molecule has 0 unspecified atom stereocenters. The lowest BCUT2D eigenvalue weighted by Gasteiger charge is -2.23. The van der Waals surface area contributed by atoms with Gasteiger partial charge in [-0.15, -0.1) is 0 Å². The molecular formula is C24H34N2O5S. The van der Waals surface area contributed by atoms with E-state index in [0.29, 0.717) is 26.0 Å². The molecule has 8 heteroatoms. The first-order chi connectivity index (χ1) is 15.2. The van der Waals surface area contributed by atoms with Gasteiger partial charge in [0.05, 0.1) is 19.8 Å². The van der Waals surface area contributed by atoms with Crippen LogP contribution in [0.25, 0.3) is 0 Å². The lowest BCUT2D eigenvalue weighted by molar-refractivity contribution is -0.121. The van der Waals surface area contributed by atoms with E-state index in [1.165, 1.54) is 11.4 Å². The van der Waals surface area contributed by atoms with Gasteiger partial charge in [0.25, 0.3) is 0 Å². The molecule has 0 bridgehead atoms. The number of hydrogen-bond donors (Lipinski definition) is 1. The number of hydrogen-bond acceptors (Lipinski definition) is 5. The number of nitrogens with zero attached hydrogens (tertiary/aromatic N) is 1. The van der Waals surface area contributed by atoms with Crippen molar-refractivity contribution < 1.29 is 22.7 Å². The minimum absolute atomic E-state index is 0.0613. The van der Waals surface area contributed by atoms with Crippen molar-refractivity contribution in [3.63, 3.8) is 0 Å². The summed E-state index contributed by atoms with van der Waals surface area (Å²) in [4.78, 5) is 12.6. The van der Waals surface area contributed by atoms with E-state index >= 15 is 0 Å². The normalized spacial score (nSPS) is 11.7. The molecule has 7 nitrogen and oxygen atoms in total. The number of nitrogens with one attached hydrogen (secondary N) is 1. The molecule has 1 amide bonds. The molecule has 176 valence electrons. The van der Waals surface area contributed by atoms with E-state index in [4.69, 9.17) is 9.47 Å². The second-order valence-electron chi connectivity index (χ2n) is 7.85. The van der Waals surface area contributed by atoms with E-state index in [1.807, 2.05) is 51.1 Å². The van der Waals surface area contributed by atoms with Crippen molar-refractivity contribution in [1.82, 2.24) is 9.62 Å². The quantitative estimate of drug-likeness (QED) is 0.462. The van der Waals surface area contributed by atoms with E-state index in [9.17, 15) is 13.2 Å². The minimum Gasteiger partial charge on any atom is -0.495 e. The molecular weight excluding hydrogens is 428 g/mol. The third-order valence-electron chi connectivity index (χ3n) is 4.84. The molecule has 2 aromatic carbocycles. The van der Waals surface area contributed by atoms with Crippen LogP contribution in [0.15, 0.2) is 53.4 Å². The maximum absolute atomic E-state index is 13.5. The summed E-state index contributed by atoms with van der Waals surface area (Å²) in [7, 11) is -2.52. The first kappa shape index (κ1) is 25.8. The van der Waals surface area contributed by atoms with Crippen molar-refractivity contribution in [2.24, 2.45) is 0 Å². The molecule has 0 aliphatic rings. The van der Waals surface area contributed by atoms with Crippen LogP contribution in [0.3, 0.4) is 0 Å². The average Bonchev–Trinajstić information content (AvgIpc) is 2.76. The summed E-state index contributed by atoms with van der Waals surface area (Å²) >= 11 is 0. The van der Waals surface area contributed by atoms with Gasteiger partial charge in [-0.2, -0.15) is 4.31 Å². The Morgan fingerprint density at radius 3 is 2.50 bits per heavy atom. The molecule has 0 fully saturated rings. The fourth-order valence-electron chi connectivity index (χ4n) is 3.14. The summed E-state index contributed by atoms with van der Waals surface area (Å²) in [5.74, 6) is -0.0932. The van der Waals surface area contributed by atoms with E-state index in [0.717, 1.165) is 11.1 Å². The second-order valence-corrected chi connectivity index (χ2v) is 9.76. The fourth-order valence-corrected chi connectivity index (χ4v) is 4.78. The lowest BCUT2D eigenvalue weighted by Crippen LogP contribution is -2.42. The molecule has 0 aliphatic heterocycles. The maximum Gasteiger partial charge on any atom is 0.247 e. The highest BCUT2D eigenvalue weighted by Crippen LogP contribution is 2.28. The van der Waals surface area contributed by atoms with Gasteiger partial charge in [0.15, 0.2) is 0 Å². The average molecular weight is 463 g/mol. The van der Waals surface area contributed by atoms with Crippen LogP contribution >= 0.6 is 0 Å². The van der Waals surface area contributed by atoms with Gasteiger partial charge in [-0.3, -0.25) is 4.79 Å². The highest BCUT2D eigenvalue weighted by molar-refractivity contribution is 7.89. The van der Waals surface area contributed by atoms with Crippen molar-refractivity contribution in [3.8, 4) is 5.75 Å². The summed E-state index contributed by atoms with van der Waals surface area (Å²) in [5.41, 5.74) is 1.79. The molecule has 0 aliphatic carbocycles. The van der Waals surface area contributed by atoms with Crippen molar-refractivity contribution in [3.05, 3.63) is 59.7 Å². The number of aryl methyl sites for hydroxylation is 1. The Kier molecular flexibility index (Phi) is 10.2. The van der Waals surface area contributed by atoms with Crippen LogP contribution in [0.4, 0.5) is 0 Å². The predicted molar refractivity (Wildman–Crippen MR) is 125 cm³/mol. The molecule has 0 saturated carbocycles. The summed E-state index contributed by atoms with van der Waals surface area (Å²) < 4.78 is 39.0. The van der Waals surface area contributed by atoms with Crippen LogP contribution in [0.2, 0.25) is 0 Å². The van der Waals surface area contributed by atoms with Crippen LogP contribution in [-0.2, 0) is 26.0 Å². The first-order valence-electron chi connectivity index (χ1n) is 10.8. The Bertz CT molecular complexity index is 962. The minimum atomic E-state index is -3.96. The largest absolute Gasteiger partial charge is 0.495 e. The lowest BCUT2D eigenvalue weighted by atomic mass is 10.1. The van der Waals surface area contributed by atoms with Gasteiger partial charge in [-0.05, 0) is 56.9 Å². The van der Waals surface area contributed by atoms with Crippen molar-refractivity contribution in [2.45, 2.75) is 44.6 Å². The van der Waals surface area contributed by atoms with Gasteiger partial charge in [0.2, 0.25) is 15.9 Å². The highest BCUT2D eigenvalue weighted by atomic mass is 32.2. The number of methoxy groups -OCH3 is 1. The van der Waals surface area contributed by atoms with Crippen molar-refractivity contribution >= 4 is 15.9 Å². The summed E-state index contributed by atoms with van der Waals surface area (Å²) in [6, 6.07) is 14.6. The Hall–Kier alpha value is -2.42. The molecule has 0 heterocycles. The van der Waals surface area contributed by atoms with Crippen LogP contribution in [0, 0.1) is 6.92 Å². The smallest absolute Gasteiger partial charge is 0.247 e. The summed E-state index contributed by atoms with van der Waals surface area (Å²) in [6.45, 7) is 6.59. The zero-order valence-corrected chi connectivity index (χ0v) is 20.2. The Morgan fingerprint density at radius 1 is 1.12 bits per heavy atom. The molecule has 0 spiro atoms. The van der Waals surface area contributed by atoms with E-state index in [2.05, 4.69) is 5.32 Å². The Labute approximate surface area is 191 Å². The number of benzene rings is 2. The van der Waals surface area contributed by atoms with Gasteiger partial charge in [0.1, 0.15) is 10.6 Å². The van der Waals surface area contributed by atoms with E-state index in [-0.39, 0.29) is 35.7 Å². The molecule has 2 aromatic rings. The standard InChI is InChI=1S/C24H34N2O5S/c1-19(2)31-16-8-14-25-24(27)18-26(15-13-21-9-6-5-7-10-21)32(28,29)23-17-20(3)11-12-22(23)30-4/h5-7,9-12,17,19H,8,13-16,18H2,1-4H3,(H,25,27). The molecule has 32 heavy (non-hydrogen) atoms. The summed E-state index contributed by atoms with van der Waals surface area (Å²) in [6.07, 6.45) is 1.28. The first-order valence-corrected chi connectivity index (χ1v) is 12.2. The number of sulfonamides is 1. The molecule has 0 atom stereocenters. The summed E-state index contributed by atoms with van der Waals surface area (Å²) in [5, 5.41) is 2.79. The monoisotopic (exact) mass is 462 g/mol. The van der Waals surface area contributed by atoms with Crippen LogP contribution in [-0.4, -0.2) is 58.1 Å². The van der Waals surface area contributed by atoms with E-state index in [1.54, 1.807) is 18.2 Å². The number of rotatable bonds is 13. The van der Waals surface area contributed by atoms with Gasteiger partial charge in [-0.1, -0.05) is 36.4 Å². The van der Waals surface area contributed by atoms with Crippen LogP contribution in [0.1, 0.15) is 31.4 Å². The SMILES string of the molecule is COc1ccc(C)cc1S(=O)(=O)N(CCc1ccccc1)CC(=O)NCCCOC(C)C. The van der Waals surface area contributed by atoms with Crippen molar-refractivity contribution in [1.29, 1.82) is 0 Å². The Morgan fingerprint density at radius 2 is 1.84 bits per heavy atom. The van der Waals surface area contributed by atoms with Crippen LogP contribution in [0.5, 0.6) is 5.75 Å². The van der Waals surface area contributed by atoms with Gasteiger partial charge < -0.3 is 14.8 Å². The van der Waals surface area contributed by atoms with E-state index < -0.39 is 10.0 Å². The van der Waals surface area contributed by atoms with Gasteiger partial charge in [-0.25, -0.2) is 8.42 Å². The zero-order chi connectivity index (χ0) is 23.6. The molecule has 1 N–H and O–H groups in total. The maximum atomic E-state index is 13.5. The second kappa shape index (κ2) is 12.6. The zero-order valence-electron chi connectivity index (χ0n) is 19.3. The third-order valence-corrected chi connectivity index (χ3v) is 6.71. The number of amides is 1. The Balaban J connectivity index is 2.16. The molecule has 0 radical (unpaired) electrons. The van der Waals surface area contributed by atoms with Crippen LogP contribution < -0.4 is 10.1 Å². The van der Waals surface area contributed by atoms with Gasteiger partial charge in [0, 0.05) is 19.7 Å². The number of carbonyl (C=O) groups excluding carboxylic acids is 1. The highest BCUT2D eigenvalue weighted by Gasteiger charge is 2.29. The fraction of sp³-hybridized carbons (Fsp3) is 0.458. The number of carbonyl (C=O) groups is 1. The predicted octanol–water partition coefficient (Wildman–Crippen LogP) is 3.17. The molecule has 0 saturated heterocycles. The number of ether oxygens (including phenoxy) is 2. The van der Waals surface area contributed by atoms with Gasteiger partial charge >= 0.3 is 0 Å². The third kappa shape index (κ3) is 7.93. The van der Waals surface area contributed by atoms with Crippen molar-refractivity contribution in [2.75, 3.05) is 33.4 Å². The molecule has 0 aromatic heterocycles. The topological polar surface area (TPSA) is 84.9 Å². The molecule has 2 rings (SSSR count).